The number of nitrogens with zero attached hydrogens (tertiary/aromatic N) is 3. The zero-order chi connectivity index (χ0) is 18.0. The zero-order valence-electron chi connectivity index (χ0n) is 14.0. The van der Waals surface area contributed by atoms with E-state index in [9.17, 15) is 18.0 Å². The molecule has 26 heavy (non-hydrogen) atoms. The van der Waals surface area contributed by atoms with Crippen LogP contribution in [-0.4, -0.2) is 65.9 Å². The van der Waals surface area contributed by atoms with E-state index >= 15 is 0 Å². The molecule has 1 aliphatic heterocycles. The van der Waals surface area contributed by atoms with Gasteiger partial charge in [-0.25, -0.2) is 4.98 Å². The number of aryl methyl sites for hydroxylation is 1. The predicted octanol–water partition coefficient (Wildman–Crippen LogP) is 1.52. The molecule has 1 atom stereocenters. The van der Waals surface area contributed by atoms with Crippen LogP contribution in [0.3, 0.4) is 0 Å². The Kier molecular flexibility index (Phi) is 6.43. The summed E-state index contributed by atoms with van der Waals surface area (Å²) in [6.07, 6.45) is -3.16. The minimum absolute atomic E-state index is 0. The van der Waals surface area contributed by atoms with E-state index in [0.29, 0.717) is 24.2 Å². The molecule has 0 radical (unpaired) electrons. The Bertz CT molecular complexity index is 761. The minimum Gasteiger partial charge on any atom is -0.350 e. The number of carbonyl (C=O) groups excluding carboxylic acids is 1. The number of carbonyl (C=O) groups is 1. The third kappa shape index (κ3) is 4.43. The van der Waals surface area contributed by atoms with Gasteiger partial charge in [0.15, 0.2) is 0 Å². The number of hydrogen-bond acceptors (Lipinski definition) is 6. The van der Waals surface area contributed by atoms with Crippen molar-refractivity contribution < 1.29 is 22.5 Å². The SMILES string of the molecule is Cc1noc2ncc(C(=O)NCC(N3CCNCC3)C(F)(F)F)cc12.Cl. The molecule has 1 fully saturated rings. The fraction of sp³-hybridized carbons (Fsp3) is 0.533. The summed E-state index contributed by atoms with van der Waals surface area (Å²) < 4.78 is 44.9. The molecular formula is C15H19ClF3N5O2. The first-order valence-corrected chi connectivity index (χ1v) is 7.88. The van der Waals surface area contributed by atoms with Crippen LogP contribution in [0.2, 0.25) is 0 Å². The maximum atomic E-state index is 13.3. The summed E-state index contributed by atoms with van der Waals surface area (Å²) in [5, 5.41) is 9.67. The lowest BCUT2D eigenvalue weighted by atomic mass is 10.1. The average Bonchev–Trinajstić information content (AvgIpc) is 2.95. The summed E-state index contributed by atoms with van der Waals surface area (Å²) in [5.74, 6) is -0.612. The number of pyridine rings is 1. The van der Waals surface area contributed by atoms with E-state index in [1.165, 1.54) is 17.2 Å². The molecular weight excluding hydrogens is 375 g/mol. The molecule has 7 nitrogen and oxygen atoms in total. The fourth-order valence-corrected chi connectivity index (χ4v) is 2.81. The minimum atomic E-state index is -4.42. The first-order chi connectivity index (χ1) is 11.9. The van der Waals surface area contributed by atoms with Crippen LogP contribution < -0.4 is 10.6 Å². The van der Waals surface area contributed by atoms with E-state index in [1.807, 2.05) is 0 Å². The number of alkyl halides is 3. The van der Waals surface area contributed by atoms with Crippen LogP contribution in [0.25, 0.3) is 11.1 Å². The Morgan fingerprint density at radius 3 is 2.77 bits per heavy atom. The molecule has 1 aliphatic rings. The lowest BCUT2D eigenvalue weighted by molar-refractivity contribution is -0.183. The van der Waals surface area contributed by atoms with Gasteiger partial charge in [-0.3, -0.25) is 9.69 Å². The van der Waals surface area contributed by atoms with Crippen LogP contribution in [0.15, 0.2) is 16.8 Å². The number of aromatic nitrogens is 2. The highest BCUT2D eigenvalue weighted by Crippen LogP contribution is 2.25. The van der Waals surface area contributed by atoms with Gasteiger partial charge in [0, 0.05) is 38.9 Å². The van der Waals surface area contributed by atoms with Crippen LogP contribution in [0.5, 0.6) is 0 Å². The first-order valence-electron chi connectivity index (χ1n) is 7.88. The highest BCUT2D eigenvalue weighted by Gasteiger charge is 2.43. The van der Waals surface area contributed by atoms with Crippen LogP contribution in [0, 0.1) is 6.92 Å². The quantitative estimate of drug-likeness (QED) is 0.819. The topological polar surface area (TPSA) is 83.3 Å². The molecule has 3 heterocycles. The van der Waals surface area contributed by atoms with Crippen molar-refractivity contribution in [2.24, 2.45) is 0 Å². The number of nitrogens with one attached hydrogen (secondary N) is 2. The molecule has 11 heteroatoms. The lowest BCUT2D eigenvalue weighted by Crippen LogP contribution is -2.57. The van der Waals surface area contributed by atoms with Gasteiger partial charge in [-0.05, 0) is 13.0 Å². The number of fused-ring (bicyclic) bond motifs is 1. The summed E-state index contributed by atoms with van der Waals surface area (Å²) in [6, 6.07) is -0.204. The van der Waals surface area contributed by atoms with Crippen molar-refractivity contribution in [3.63, 3.8) is 0 Å². The van der Waals surface area contributed by atoms with Crippen LogP contribution in [0.1, 0.15) is 16.1 Å². The van der Waals surface area contributed by atoms with E-state index in [4.69, 9.17) is 4.52 Å². The van der Waals surface area contributed by atoms with E-state index in [2.05, 4.69) is 20.8 Å². The fourth-order valence-electron chi connectivity index (χ4n) is 2.81. The van der Waals surface area contributed by atoms with Crippen LogP contribution in [0.4, 0.5) is 13.2 Å². The lowest BCUT2D eigenvalue weighted by Gasteiger charge is -2.35. The summed E-state index contributed by atoms with van der Waals surface area (Å²) in [6.45, 7) is 2.74. The molecule has 0 bridgehead atoms. The second-order valence-corrected chi connectivity index (χ2v) is 5.90. The molecule has 1 saturated heterocycles. The number of halogens is 4. The Morgan fingerprint density at radius 2 is 2.12 bits per heavy atom. The Balaban J connectivity index is 0.00000243. The van der Waals surface area contributed by atoms with Gasteiger partial charge in [0.25, 0.3) is 11.6 Å². The molecule has 2 aromatic heterocycles. The number of piperazine rings is 1. The van der Waals surface area contributed by atoms with Gasteiger partial charge < -0.3 is 15.2 Å². The van der Waals surface area contributed by atoms with Crippen molar-refractivity contribution >= 4 is 29.4 Å². The van der Waals surface area contributed by atoms with Crippen molar-refractivity contribution in [3.05, 3.63) is 23.5 Å². The van der Waals surface area contributed by atoms with Crippen molar-refractivity contribution in [1.82, 2.24) is 25.7 Å². The van der Waals surface area contributed by atoms with Gasteiger partial charge in [-0.15, -0.1) is 12.4 Å². The van der Waals surface area contributed by atoms with Gasteiger partial charge in [0.05, 0.1) is 16.6 Å². The Labute approximate surface area is 153 Å². The monoisotopic (exact) mass is 393 g/mol. The molecule has 1 amide bonds. The second kappa shape index (κ2) is 8.19. The second-order valence-electron chi connectivity index (χ2n) is 5.90. The Morgan fingerprint density at radius 1 is 1.42 bits per heavy atom. The molecule has 1 unspecified atom stereocenters. The largest absolute Gasteiger partial charge is 0.405 e. The van der Waals surface area contributed by atoms with Gasteiger partial charge in [-0.2, -0.15) is 13.2 Å². The van der Waals surface area contributed by atoms with Gasteiger partial charge in [0.1, 0.15) is 6.04 Å². The number of amides is 1. The van der Waals surface area contributed by atoms with Gasteiger partial charge in [0.2, 0.25) is 0 Å². The smallest absolute Gasteiger partial charge is 0.350 e. The standard InChI is InChI=1S/C15H18F3N5O2.ClH/c1-9-11-6-10(7-21-14(11)25-22-9)13(24)20-8-12(15(16,17)18)23-4-2-19-3-5-23;/h6-7,12,19H,2-5,8H2,1H3,(H,20,24);1H. The van der Waals surface area contributed by atoms with Gasteiger partial charge >= 0.3 is 6.18 Å². The molecule has 0 aromatic carbocycles. The third-order valence-corrected chi connectivity index (χ3v) is 4.20. The molecule has 0 aliphatic carbocycles. The molecule has 2 N–H and O–H groups in total. The summed E-state index contributed by atoms with van der Waals surface area (Å²) in [7, 11) is 0. The molecule has 0 saturated carbocycles. The zero-order valence-corrected chi connectivity index (χ0v) is 14.8. The molecule has 0 spiro atoms. The maximum Gasteiger partial charge on any atom is 0.405 e. The average molecular weight is 394 g/mol. The third-order valence-electron chi connectivity index (χ3n) is 4.20. The highest BCUT2D eigenvalue weighted by molar-refractivity contribution is 5.96. The van der Waals surface area contributed by atoms with Crippen LogP contribution in [-0.2, 0) is 0 Å². The van der Waals surface area contributed by atoms with Crippen LogP contribution >= 0.6 is 12.4 Å². The summed E-state index contributed by atoms with van der Waals surface area (Å²) >= 11 is 0. The number of hydrogen-bond donors (Lipinski definition) is 2. The Hall–Kier alpha value is -1.91. The molecule has 144 valence electrons. The number of rotatable bonds is 4. The van der Waals surface area contributed by atoms with Gasteiger partial charge in [-0.1, -0.05) is 5.16 Å². The summed E-state index contributed by atoms with van der Waals surface area (Å²) in [5.41, 5.74) is 1.01. The maximum absolute atomic E-state index is 13.3. The van der Waals surface area contributed by atoms with E-state index < -0.39 is 24.7 Å². The summed E-state index contributed by atoms with van der Waals surface area (Å²) in [4.78, 5) is 17.5. The van der Waals surface area contributed by atoms with Crippen molar-refractivity contribution in [1.29, 1.82) is 0 Å². The first kappa shape index (κ1) is 20.4. The van der Waals surface area contributed by atoms with Crippen molar-refractivity contribution in [2.45, 2.75) is 19.1 Å². The molecule has 2 aromatic rings. The predicted molar refractivity (Wildman–Crippen MR) is 90.4 cm³/mol. The van der Waals surface area contributed by atoms with Crippen molar-refractivity contribution in [3.8, 4) is 0 Å². The van der Waals surface area contributed by atoms with E-state index in [1.54, 1.807) is 6.92 Å². The normalized spacial score (nSPS) is 16.9. The highest BCUT2D eigenvalue weighted by atomic mass is 35.5. The van der Waals surface area contributed by atoms with Crippen molar-refractivity contribution in [2.75, 3.05) is 32.7 Å². The van der Waals surface area contributed by atoms with E-state index in [-0.39, 0.29) is 36.8 Å². The van der Waals surface area contributed by atoms with E-state index in [0.717, 1.165) is 0 Å². The molecule has 3 rings (SSSR count).